The Kier molecular flexibility index (Phi) is 5.74. The third-order valence-electron chi connectivity index (χ3n) is 4.18. The van der Waals surface area contributed by atoms with E-state index in [2.05, 4.69) is 0 Å². The lowest BCUT2D eigenvalue weighted by Crippen LogP contribution is -2.29. The summed E-state index contributed by atoms with van der Waals surface area (Å²) in [7, 11) is 0. The Hall–Kier alpha value is -3.20. The predicted molar refractivity (Wildman–Crippen MR) is 105 cm³/mol. The van der Waals surface area contributed by atoms with Crippen LogP contribution in [0.2, 0.25) is 0 Å². The highest BCUT2D eigenvalue weighted by atomic mass is 32.2. The van der Waals surface area contributed by atoms with Gasteiger partial charge in [0, 0.05) is 42.7 Å². The summed E-state index contributed by atoms with van der Waals surface area (Å²) in [6.07, 6.45) is 4.16. The van der Waals surface area contributed by atoms with E-state index in [-0.39, 0.29) is 29.2 Å². The van der Waals surface area contributed by atoms with Crippen LogP contribution in [0.5, 0.6) is 0 Å². The molecule has 0 aliphatic carbocycles. The fourth-order valence-electron chi connectivity index (χ4n) is 2.80. The fraction of sp³-hybridized carbons (Fsp3) is 0.211. The number of ketones is 1. The molecule has 1 aromatic heterocycles. The molecule has 0 spiro atoms. The Morgan fingerprint density at radius 2 is 1.93 bits per heavy atom. The lowest BCUT2D eigenvalue weighted by Gasteiger charge is -2.11. The average Bonchev–Trinajstić information content (AvgIpc) is 3.21. The van der Waals surface area contributed by atoms with Crippen molar-refractivity contribution in [2.45, 2.75) is 19.8 Å². The van der Waals surface area contributed by atoms with Gasteiger partial charge < -0.3 is 9.36 Å². The van der Waals surface area contributed by atoms with Gasteiger partial charge in [0.2, 0.25) is 0 Å². The number of aromatic nitrogens is 1. The molecule has 2 heterocycles. The first-order valence-corrected chi connectivity index (χ1v) is 9.35. The van der Waals surface area contributed by atoms with Crippen molar-refractivity contribution in [3.63, 3.8) is 0 Å². The molecule has 9 heteroatoms. The lowest BCUT2D eigenvalue weighted by atomic mass is 10.2. The van der Waals surface area contributed by atoms with Gasteiger partial charge in [-0.1, -0.05) is 0 Å². The smallest absolute Gasteiger partial charge is 0.293 e. The van der Waals surface area contributed by atoms with Crippen LogP contribution >= 0.6 is 11.8 Å². The number of nitro benzene ring substituents is 1. The maximum atomic E-state index is 12.5. The van der Waals surface area contributed by atoms with Crippen molar-refractivity contribution in [1.29, 1.82) is 0 Å². The van der Waals surface area contributed by atoms with E-state index in [9.17, 15) is 24.5 Å². The molecule has 0 atom stereocenters. The third kappa shape index (κ3) is 4.20. The van der Waals surface area contributed by atoms with Crippen LogP contribution in [-0.4, -0.2) is 37.9 Å². The molecule has 2 aromatic rings. The second kappa shape index (κ2) is 8.22. The zero-order valence-corrected chi connectivity index (χ0v) is 15.8. The summed E-state index contributed by atoms with van der Waals surface area (Å²) < 4.78 is 1.77. The van der Waals surface area contributed by atoms with Crippen LogP contribution in [0.3, 0.4) is 0 Å². The number of nitrogens with zero attached hydrogens (tertiary/aromatic N) is 3. The molecule has 28 heavy (non-hydrogen) atoms. The van der Waals surface area contributed by atoms with Crippen LogP contribution in [0.1, 0.15) is 25.5 Å². The van der Waals surface area contributed by atoms with Gasteiger partial charge in [0.15, 0.2) is 0 Å². The van der Waals surface area contributed by atoms with Crippen molar-refractivity contribution >= 4 is 40.5 Å². The Bertz CT molecular complexity index is 978. The van der Waals surface area contributed by atoms with Gasteiger partial charge in [-0.25, -0.2) is 0 Å². The SMILES string of the molecule is CC(=O)CCCN1C(=O)S/C(=C\c2cccn2-c2ccc([N+](=O)[O-])cc2)C1=O. The Morgan fingerprint density at radius 3 is 2.57 bits per heavy atom. The largest absolute Gasteiger partial charge is 0.317 e. The van der Waals surface area contributed by atoms with E-state index in [1.807, 2.05) is 0 Å². The maximum absolute atomic E-state index is 12.5. The van der Waals surface area contributed by atoms with Crippen molar-refractivity contribution in [3.8, 4) is 5.69 Å². The van der Waals surface area contributed by atoms with E-state index in [1.54, 1.807) is 41.1 Å². The van der Waals surface area contributed by atoms with Crippen LogP contribution in [0, 0.1) is 10.1 Å². The summed E-state index contributed by atoms with van der Waals surface area (Å²) in [5.41, 5.74) is 1.36. The first kappa shape index (κ1) is 19.6. The number of hydrogen-bond acceptors (Lipinski definition) is 6. The molecule has 0 saturated carbocycles. The molecule has 1 aromatic carbocycles. The molecule has 8 nitrogen and oxygen atoms in total. The third-order valence-corrected chi connectivity index (χ3v) is 5.09. The van der Waals surface area contributed by atoms with Gasteiger partial charge in [-0.15, -0.1) is 0 Å². The highest BCUT2D eigenvalue weighted by Crippen LogP contribution is 2.33. The average molecular weight is 399 g/mol. The number of hydrogen-bond donors (Lipinski definition) is 0. The minimum Gasteiger partial charge on any atom is -0.317 e. The number of nitro groups is 1. The van der Waals surface area contributed by atoms with Gasteiger partial charge in [0.25, 0.3) is 16.8 Å². The number of benzene rings is 1. The van der Waals surface area contributed by atoms with Crippen LogP contribution in [0.4, 0.5) is 10.5 Å². The second-order valence-corrected chi connectivity index (χ2v) is 7.21. The second-order valence-electron chi connectivity index (χ2n) is 6.22. The van der Waals surface area contributed by atoms with E-state index >= 15 is 0 Å². The number of non-ortho nitro benzene ring substituents is 1. The summed E-state index contributed by atoms with van der Waals surface area (Å²) >= 11 is 0.860. The summed E-state index contributed by atoms with van der Waals surface area (Å²) in [6, 6.07) is 9.60. The van der Waals surface area contributed by atoms with Crippen LogP contribution < -0.4 is 0 Å². The summed E-state index contributed by atoms with van der Waals surface area (Å²) in [5.74, 6) is -0.363. The number of rotatable bonds is 7. The molecule has 1 aliphatic heterocycles. The Balaban J connectivity index is 1.80. The molecule has 144 valence electrons. The number of carbonyl (C=O) groups is 3. The molecule has 0 radical (unpaired) electrons. The molecule has 1 fully saturated rings. The van der Waals surface area contributed by atoms with Crippen molar-refractivity contribution < 1.29 is 19.3 Å². The van der Waals surface area contributed by atoms with Gasteiger partial charge >= 0.3 is 0 Å². The summed E-state index contributed by atoms with van der Waals surface area (Å²) in [4.78, 5) is 47.5. The normalized spacial score (nSPS) is 15.5. The monoisotopic (exact) mass is 399 g/mol. The van der Waals surface area contributed by atoms with Crippen LogP contribution in [0.15, 0.2) is 47.5 Å². The first-order valence-electron chi connectivity index (χ1n) is 8.54. The van der Waals surface area contributed by atoms with Crippen molar-refractivity contribution in [1.82, 2.24) is 9.47 Å². The minimum atomic E-state index is -0.470. The van der Waals surface area contributed by atoms with E-state index in [1.165, 1.54) is 19.1 Å². The van der Waals surface area contributed by atoms with Gasteiger partial charge in [0.05, 0.1) is 9.83 Å². The molecular weight excluding hydrogens is 382 g/mol. The number of imide groups is 1. The first-order chi connectivity index (χ1) is 13.4. The van der Waals surface area contributed by atoms with Crippen LogP contribution in [0.25, 0.3) is 11.8 Å². The zero-order valence-electron chi connectivity index (χ0n) is 15.0. The molecule has 0 unspecified atom stereocenters. The molecule has 3 rings (SSSR count). The van der Waals surface area contributed by atoms with Gasteiger partial charge in [-0.2, -0.15) is 0 Å². The number of amides is 2. The van der Waals surface area contributed by atoms with Crippen molar-refractivity contribution in [3.05, 3.63) is 63.3 Å². The highest BCUT2D eigenvalue weighted by Gasteiger charge is 2.34. The lowest BCUT2D eigenvalue weighted by molar-refractivity contribution is -0.384. The van der Waals surface area contributed by atoms with Crippen molar-refractivity contribution in [2.75, 3.05) is 6.54 Å². The van der Waals surface area contributed by atoms with Crippen molar-refractivity contribution in [2.24, 2.45) is 0 Å². The summed E-state index contributed by atoms with van der Waals surface area (Å²) in [5, 5.41) is 10.4. The van der Waals surface area contributed by atoms with Gasteiger partial charge in [0.1, 0.15) is 5.78 Å². The van der Waals surface area contributed by atoms with Gasteiger partial charge in [-0.3, -0.25) is 24.6 Å². The number of Topliss-reactive ketones (excluding diaryl/α,β-unsaturated/α-hetero) is 1. The van der Waals surface area contributed by atoms with Gasteiger partial charge in [-0.05, 0) is 55.4 Å². The van der Waals surface area contributed by atoms with E-state index in [0.717, 1.165) is 16.7 Å². The number of carbonyl (C=O) groups excluding carboxylic acids is 3. The molecule has 2 amide bonds. The standard InChI is InChI=1S/C19H17N3O5S/c1-13(23)4-2-11-21-18(24)17(28-19(21)25)12-16-5-3-10-20(16)14-6-8-15(9-7-14)22(26)27/h3,5-10,12H,2,4,11H2,1H3/b17-12-. The Labute approximate surface area is 165 Å². The fourth-order valence-corrected chi connectivity index (χ4v) is 3.64. The maximum Gasteiger partial charge on any atom is 0.293 e. The minimum absolute atomic E-state index is 0.0101. The molecule has 0 bridgehead atoms. The molecule has 1 aliphatic rings. The molecule has 0 N–H and O–H groups in total. The topological polar surface area (TPSA) is 103 Å². The zero-order chi connectivity index (χ0) is 20.3. The molecule has 1 saturated heterocycles. The van der Waals surface area contributed by atoms with Crippen LogP contribution in [-0.2, 0) is 9.59 Å². The van der Waals surface area contributed by atoms with E-state index in [0.29, 0.717) is 29.1 Å². The number of thioether (sulfide) groups is 1. The predicted octanol–water partition coefficient (Wildman–Crippen LogP) is 3.79. The van der Waals surface area contributed by atoms with E-state index < -0.39 is 4.92 Å². The quantitative estimate of drug-likeness (QED) is 0.399. The van der Waals surface area contributed by atoms with E-state index in [4.69, 9.17) is 0 Å². The molecular formula is C19H17N3O5S. The highest BCUT2D eigenvalue weighted by molar-refractivity contribution is 8.18. The Morgan fingerprint density at radius 1 is 1.21 bits per heavy atom. The summed E-state index contributed by atoms with van der Waals surface area (Å²) in [6.45, 7) is 1.69.